The minimum atomic E-state index is 0.718. The van der Waals surface area contributed by atoms with Crippen LogP contribution in [0.3, 0.4) is 0 Å². The van der Waals surface area contributed by atoms with Crippen molar-refractivity contribution in [2.45, 2.75) is 0 Å². The van der Waals surface area contributed by atoms with Gasteiger partial charge in [-0.15, -0.1) is 0 Å². The Hall–Kier alpha value is -5.67. The van der Waals surface area contributed by atoms with Gasteiger partial charge < -0.3 is 0 Å². The molecule has 0 fully saturated rings. The van der Waals surface area contributed by atoms with Crippen molar-refractivity contribution < 1.29 is 0 Å². The molecule has 0 radical (unpaired) electrons. The molecular formula is C39H25N3. The Labute approximate surface area is 243 Å². The predicted octanol–water partition coefficient (Wildman–Crippen LogP) is 10.00. The third kappa shape index (κ3) is 4.11. The molecular weight excluding hydrogens is 510 g/mol. The number of fused-ring (bicyclic) bond motifs is 4. The molecule has 0 bridgehead atoms. The van der Waals surface area contributed by atoms with Crippen LogP contribution in [0.1, 0.15) is 0 Å². The quantitative estimate of drug-likeness (QED) is 0.211. The van der Waals surface area contributed by atoms with Crippen LogP contribution < -0.4 is 0 Å². The molecule has 3 heteroatoms. The molecule has 0 atom stereocenters. The first-order chi connectivity index (χ1) is 20.8. The number of nitrogens with zero attached hydrogens (tertiary/aromatic N) is 3. The summed E-state index contributed by atoms with van der Waals surface area (Å²) in [5.74, 6) is 0.718. The fourth-order valence-electron chi connectivity index (χ4n) is 5.86. The van der Waals surface area contributed by atoms with Crippen molar-refractivity contribution in [1.29, 1.82) is 0 Å². The minimum absolute atomic E-state index is 0.718. The Morgan fingerprint density at radius 2 is 1.00 bits per heavy atom. The lowest BCUT2D eigenvalue weighted by Gasteiger charge is -2.14. The molecule has 196 valence electrons. The predicted molar refractivity (Wildman–Crippen MR) is 174 cm³/mol. The van der Waals surface area contributed by atoms with Crippen LogP contribution in [0.5, 0.6) is 0 Å². The lowest BCUT2D eigenvalue weighted by atomic mass is 9.95. The van der Waals surface area contributed by atoms with Gasteiger partial charge in [-0.1, -0.05) is 133 Å². The lowest BCUT2D eigenvalue weighted by Crippen LogP contribution is -1.96. The zero-order chi connectivity index (χ0) is 27.9. The van der Waals surface area contributed by atoms with Crippen LogP contribution in [0.25, 0.3) is 77.5 Å². The summed E-state index contributed by atoms with van der Waals surface area (Å²) in [5, 5.41) is 5.56. The average molecular weight is 536 g/mol. The monoisotopic (exact) mass is 535 g/mol. The zero-order valence-electron chi connectivity index (χ0n) is 22.8. The molecule has 0 aliphatic carbocycles. The molecule has 0 aliphatic rings. The van der Waals surface area contributed by atoms with Crippen molar-refractivity contribution in [3.63, 3.8) is 0 Å². The number of hydrogen-bond acceptors (Lipinski definition) is 3. The van der Waals surface area contributed by atoms with Crippen LogP contribution in [0.4, 0.5) is 0 Å². The molecule has 0 amide bonds. The van der Waals surface area contributed by atoms with Gasteiger partial charge in [0.25, 0.3) is 0 Å². The van der Waals surface area contributed by atoms with Crippen LogP contribution in [0.15, 0.2) is 152 Å². The fourth-order valence-corrected chi connectivity index (χ4v) is 5.86. The van der Waals surface area contributed by atoms with Crippen LogP contribution in [-0.2, 0) is 0 Å². The van der Waals surface area contributed by atoms with Gasteiger partial charge in [0.1, 0.15) is 0 Å². The second kappa shape index (κ2) is 10.1. The summed E-state index contributed by atoms with van der Waals surface area (Å²) in [6, 6.07) is 50.5. The number of aromatic nitrogens is 3. The molecule has 8 rings (SSSR count). The van der Waals surface area contributed by atoms with E-state index in [1.54, 1.807) is 0 Å². The Morgan fingerprint density at radius 3 is 1.74 bits per heavy atom. The van der Waals surface area contributed by atoms with Crippen molar-refractivity contribution in [3.8, 4) is 45.0 Å². The van der Waals surface area contributed by atoms with Crippen molar-refractivity contribution in [2.24, 2.45) is 0 Å². The normalized spacial score (nSPS) is 11.3. The first kappa shape index (κ1) is 24.2. The summed E-state index contributed by atoms with van der Waals surface area (Å²) in [6.07, 6.45) is 2.00. The maximum atomic E-state index is 5.18. The van der Waals surface area contributed by atoms with Crippen molar-refractivity contribution in [2.75, 3.05) is 0 Å². The van der Waals surface area contributed by atoms with Crippen LogP contribution in [0, 0.1) is 0 Å². The summed E-state index contributed by atoms with van der Waals surface area (Å²) >= 11 is 0. The zero-order valence-corrected chi connectivity index (χ0v) is 22.8. The average Bonchev–Trinajstić information content (AvgIpc) is 3.08. The molecule has 0 aliphatic heterocycles. The van der Waals surface area contributed by atoms with E-state index in [1.807, 2.05) is 36.5 Å². The largest absolute Gasteiger partial charge is 0.255 e. The van der Waals surface area contributed by atoms with Gasteiger partial charge in [0.15, 0.2) is 5.82 Å². The van der Waals surface area contributed by atoms with Crippen LogP contribution in [0.2, 0.25) is 0 Å². The SMILES string of the molecule is c1ccc(-c2nc(-c3ccccc3)c3ccc4ccc(-c5ncc(-c6ccccc6)c6ccccc56)cc4c3n2)cc1. The molecule has 8 aromatic rings. The second-order valence-corrected chi connectivity index (χ2v) is 10.5. The molecule has 3 nitrogen and oxygen atoms in total. The van der Waals surface area contributed by atoms with E-state index in [4.69, 9.17) is 15.0 Å². The smallest absolute Gasteiger partial charge is 0.160 e. The molecule has 0 N–H and O–H groups in total. The van der Waals surface area contributed by atoms with Gasteiger partial charge in [-0.3, -0.25) is 4.98 Å². The summed E-state index contributed by atoms with van der Waals surface area (Å²) in [7, 11) is 0. The first-order valence-electron chi connectivity index (χ1n) is 14.1. The van der Waals surface area contributed by atoms with E-state index in [-0.39, 0.29) is 0 Å². The standard InChI is InChI=1S/C39H25N3/c1-4-12-26(13-5-1)35-25-40-36(32-19-11-10-18-31(32)35)30-21-20-27-22-23-33-37(28-14-6-2-7-15-28)41-39(29-16-8-3-9-17-29)42-38(33)34(27)24-30/h1-25H. The van der Waals surface area contributed by atoms with Gasteiger partial charge in [0, 0.05) is 44.6 Å². The number of rotatable bonds is 4. The topological polar surface area (TPSA) is 38.7 Å². The maximum Gasteiger partial charge on any atom is 0.160 e. The Kier molecular flexibility index (Phi) is 5.79. The molecule has 0 spiro atoms. The maximum absolute atomic E-state index is 5.18. The molecule has 2 aromatic heterocycles. The highest BCUT2D eigenvalue weighted by Crippen LogP contribution is 2.37. The van der Waals surface area contributed by atoms with Gasteiger partial charge in [0.05, 0.1) is 16.9 Å². The van der Waals surface area contributed by atoms with Gasteiger partial charge in [0.2, 0.25) is 0 Å². The Bertz CT molecular complexity index is 2230. The van der Waals surface area contributed by atoms with Crippen LogP contribution >= 0.6 is 0 Å². The number of pyridine rings is 1. The Morgan fingerprint density at radius 1 is 0.381 bits per heavy atom. The van der Waals surface area contributed by atoms with E-state index in [1.165, 1.54) is 5.39 Å². The van der Waals surface area contributed by atoms with E-state index in [9.17, 15) is 0 Å². The third-order valence-corrected chi connectivity index (χ3v) is 7.92. The molecule has 2 heterocycles. The van der Waals surface area contributed by atoms with Crippen molar-refractivity contribution >= 4 is 32.4 Å². The molecule has 6 aromatic carbocycles. The highest BCUT2D eigenvalue weighted by Gasteiger charge is 2.16. The van der Waals surface area contributed by atoms with Gasteiger partial charge in [-0.2, -0.15) is 0 Å². The van der Waals surface area contributed by atoms with E-state index < -0.39 is 0 Å². The summed E-state index contributed by atoms with van der Waals surface area (Å²) in [6.45, 7) is 0. The highest BCUT2D eigenvalue weighted by molar-refractivity contribution is 6.12. The van der Waals surface area contributed by atoms with E-state index in [0.717, 1.165) is 72.1 Å². The molecule has 0 unspecified atom stereocenters. The summed E-state index contributed by atoms with van der Waals surface area (Å²) in [4.78, 5) is 15.3. The van der Waals surface area contributed by atoms with E-state index in [0.29, 0.717) is 0 Å². The Balaban J connectivity index is 1.39. The fraction of sp³-hybridized carbons (Fsp3) is 0. The number of hydrogen-bond donors (Lipinski definition) is 0. The summed E-state index contributed by atoms with van der Waals surface area (Å²) in [5.41, 5.74) is 8.26. The molecule has 0 saturated carbocycles. The number of benzene rings is 6. The van der Waals surface area contributed by atoms with Crippen LogP contribution in [-0.4, -0.2) is 15.0 Å². The second-order valence-electron chi connectivity index (χ2n) is 10.5. The van der Waals surface area contributed by atoms with E-state index >= 15 is 0 Å². The van der Waals surface area contributed by atoms with Crippen molar-refractivity contribution in [1.82, 2.24) is 15.0 Å². The minimum Gasteiger partial charge on any atom is -0.255 e. The lowest BCUT2D eigenvalue weighted by molar-refractivity contribution is 1.23. The molecule has 0 saturated heterocycles. The molecule has 42 heavy (non-hydrogen) atoms. The van der Waals surface area contributed by atoms with E-state index in [2.05, 4.69) is 115 Å². The van der Waals surface area contributed by atoms with Crippen molar-refractivity contribution in [3.05, 3.63) is 152 Å². The van der Waals surface area contributed by atoms with Gasteiger partial charge >= 0.3 is 0 Å². The first-order valence-corrected chi connectivity index (χ1v) is 14.1. The third-order valence-electron chi connectivity index (χ3n) is 7.92. The summed E-state index contributed by atoms with van der Waals surface area (Å²) < 4.78 is 0. The highest BCUT2D eigenvalue weighted by atomic mass is 14.9. The van der Waals surface area contributed by atoms with Gasteiger partial charge in [-0.05, 0) is 28.5 Å². The van der Waals surface area contributed by atoms with Gasteiger partial charge in [-0.25, -0.2) is 9.97 Å².